The number of H-pyrrole nitrogens is 1. The molecule has 0 saturated carbocycles. The van der Waals surface area contributed by atoms with Gasteiger partial charge in [-0.2, -0.15) is 0 Å². The van der Waals surface area contributed by atoms with Gasteiger partial charge < -0.3 is 20.5 Å². The fourth-order valence-electron chi connectivity index (χ4n) is 3.57. The van der Waals surface area contributed by atoms with Gasteiger partial charge in [0.15, 0.2) is 0 Å². The van der Waals surface area contributed by atoms with Crippen molar-refractivity contribution >= 4 is 34.3 Å². The maximum Gasteiger partial charge on any atom is 0.310 e. The van der Waals surface area contributed by atoms with Crippen molar-refractivity contribution in [3.8, 4) is 0 Å². The molecular formula is C21H19FN4O3. The molecule has 0 radical (unpaired) electrons. The van der Waals surface area contributed by atoms with Crippen molar-refractivity contribution in [2.75, 3.05) is 18.5 Å². The third kappa shape index (κ3) is 3.44. The summed E-state index contributed by atoms with van der Waals surface area (Å²) in [6.45, 7) is 0.199. The SMILES string of the molecule is CN1C(=O)[C@@H](NC(=O)C(=O)NCCc2c[nH]c3ccc(F)cc23)c2ccccc21. The zero-order valence-electron chi connectivity index (χ0n) is 15.7. The summed E-state index contributed by atoms with van der Waals surface area (Å²) in [5.74, 6) is -2.34. The van der Waals surface area contributed by atoms with Crippen LogP contribution in [0.5, 0.6) is 0 Å². The van der Waals surface area contributed by atoms with Crippen LogP contribution in [-0.2, 0) is 20.8 Å². The van der Waals surface area contributed by atoms with Gasteiger partial charge in [-0.1, -0.05) is 18.2 Å². The van der Waals surface area contributed by atoms with Gasteiger partial charge in [0.1, 0.15) is 11.9 Å². The Labute approximate surface area is 165 Å². The molecule has 3 amide bonds. The first kappa shape index (κ1) is 18.7. The lowest BCUT2D eigenvalue weighted by atomic mass is 10.1. The van der Waals surface area contributed by atoms with Gasteiger partial charge in [-0.05, 0) is 36.2 Å². The first-order chi connectivity index (χ1) is 14.0. The zero-order chi connectivity index (χ0) is 20.5. The van der Waals surface area contributed by atoms with Crippen molar-refractivity contribution in [3.05, 3.63) is 65.6 Å². The molecule has 0 unspecified atom stereocenters. The second-order valence-corrected chi connectivity index (χ2v) is 6.87. The summed E-state index contributed by atoms with van der Waals surface area (Å²) < 4.78 is 13.4. The van der Waals surface area contributed by atoms with E-state index in [4.69, 9.17) is 0 Å². The van der Waals surface area contributed by atoms with Crippen LogP contribution >= 0.6 is 0 Å². The highest BCUT2D eigenvalue weighted by Crippen LogP contribution is 2.34. The van der Waals surface area contributed by atoms with Crippen molar-refractivity contribution < 1.29 is 18.8 Å². The molecule has 2 aromatic carbocycles. The Morgan fingerprint density at radius 1 is 1.17 bits per heavy atom. The summed E-state index contributed by atoms with van der Waals surface area (Å²) in [6.07, 6.45) is 2.18. The minimum atomic E-state index is -0.883. The molecule has 0 fully saturated rings. The second-order valence-electron chi connectivity index (χ2n) is 6.87. The number of carbonyl (C=O) groups excluding carboxylic acids is 3. The van der Waals surface area contributed by atoms with E-state index in [0.29, 0.717) is 17.7 Å². The predicted octanol–water partition coefficient (Wildman–Crippen LogP) is 1.80. The van der Waals surface area contributed by atoms with Crippen molar-refractivity contribution in [2.45, 2.75) is 12.5 Å². The van der Waals surface area contributed by atoms with Crippen molar-refractivity contribution in [3.63, 3.8) is 0 Å². The number of benzene rings is 2. The van der Waals surface area contributed by atoms with E-state index >= 15 is 0 Å². The smallest absolute Gasteiger partial charge is 0.310 e. The molecule has 1 aliphatic heterocycles. The van der Waals surface area contributed by atoms with Crippen LogP contribution in [0.1, 0.15) is 17.2 Å². The first-order valence-corrected chi connectivity index (χ1v) is 9.16. The van der Waals surface area contributed by atoms with Gasteiger partial charge >= 0.3 is 11.8 Å². The van der Waals surface area contributed by atoms with E-state index in [1.807, 2.05) is 0 Å². The number of amides is 3. The van der Waals surface area contributed by atoms with Gasteiger partial charge in [-0.15, -0.1) is 0 Å². The number of likely N-dealkylation sites (N-methyl/N-ethyl adjacent to an activating group) is 1. The molecule has 1 atom stereocenters. The largest absolute Gasteiger partial charge is 0.361 e. The maximum atomic E-state index is 13.4. The van der Waals surface area contributed by atoms with E-state index in [-0.39, 0.29) is 18.3 Å². The predicted molar refractivity (Wildman–Crippen MR) is 106 cm³/mol. The highest BCUT2D eigenvalue weighted by Gasteiger charge is 2.36. The Morgan fingerprint density at radius 2 is 1.97 bits per heavy atom. The molecular weight excluding hydrogens is 375 g/mol. The van der Waals surface area contributed by atoms with Gasteiger partial charge in [0.2, 0.25) is 0 Å². The quantitative estimate of drug-likeness (QED) is 0.589. The number of halogens is 1. The molecule has 3 N–H and O–H groups in total. The summed E-state index contributed by atoms with van der Waals surface area (Å²) in [6, 6.07) is 10.7. The molecule has 148 valence electrons. The Bertz CT molecular complexity index is 1120. The van der Waals surface area contributed by atoms with Crippen molar-refractivity contribution in [2.24, 2.45) is 0 Å². The molecule has 0 aliphatic carbocycles. The van der Waals surface area contributed by atoms with Gasteiger partial charge in [0.05, 0.1) is 0 Å². The second kappa shape index (κ2) is 7.38. The molecule has 29 heavy (non-hydrogen) atoms. The Balaban J connectivity index is 1.36. The fourth-order valence-corrected chi connectivity index (χ4v) is 3.57. The average molecular weight is 394 g/mol. The first-order valence-electron chi connectivity index (χ1n) is 9.16. The van der Waals surface area contributed by atoms with E-state index in [0.717, 1.165) is 16.5 Å². The maximum absolute atomic E-state index is 13.4. The number of nitrogens with zero attached hydrogens (tertiary/aromatic N) is 1. The number of aromatic amines is 1. The molecule has 0 bridgehead atoms. The number of hydrogen-bond acceptors (Lipinski definition) is 3. The van der Waals surface area contributed by atoms with E-state index in [1.54, 1.807) is 43.6 Å². The summed E-state index contributed by atoms with van der Waals surface area (Å²) >= 11 is 0. The lowest BCUT2D eigenvalue weighted by Crippen LogP contribution is -2.44. The number of rotatable bonds is 4. The third-order valence-corrected chi connectivity index (χ3v) is 5.08. The van der Waals surface area contributed by atoms with E-state index < -0.39 is 17.9 Å². The number of carbonyl (C=O) groups is 3. The molecule has 4 rings (SSSR count). The summed E-state index contributed by atoms with van der Waals surface area (Å²) in [5.41, 5.74) is 2.99. The number of para-hydroxylation sites is 1. The molecule has 7 nitrogen and oxygen atoms in total. The zero-order valence-corrected chi connectivity index (χ0v) is 15.7. The highest BCUT2D eigenvalue weighted by atomic mass is 19.1. The fraction of sp³-hybridized carbons (Fsp3) is 0.190. The number of anilines is 1. The Morgan fingerprint density at radius 3 is 2.79 bits per heavy atom. The number of nitrogens with one attached hydrogen (secondary N) is 3. The van der Waals surface area contributed by atoms with Gasteiger partial charge in [-0.25, -0.2) is 4.39 Å². The van der Waals surface area contributed by atoms with Crippen molar-refractivity contribution in [1.29, 1.82) is 0 Å². The van der Waals surface area contributed by atoms with Crippen LogP contribution in [0.15, 0.2) is 48.7 Å². The summed E-state index contributed by atoms with van der Waals surface area (Å²) in [4.78, 5) is 41.3. The molecule has 2 heterocycles. The summed E-state index contributed by atoms with van der Waals surface area (Å²) in [5, 5.41) is 5.77. The van der Waals surface area contributed by atoms with Crippen LogP contribution in [0.3, 0.4) is 0 Å². The highest BCUT2D eigenvalue weighted by molar-refractivity contribution is 6.35. The average Bonchev–Trinajstić information content (AvgIpc) is 3.22. The monoisotopic (exact) mass is 394 g/mol. The molecule has 0 saturated heterocycles. The lowest BCUT2D eigenvalue weighted by Gasteiger charge is -2.13. The molecule has 0 spiro atoms. The van der Waals surface area contributed by atoms with Crippen LogP contribution in [0.25, 0.3) is 10.9 Å². The number of hydrogen-bond donors (Lipinski definition) is 3. The Hall–Kier alpha value is -3.68. The van der Waals surface area contributed by atoms with Crippen LogP contribution in [0.4, 0.5) is 10.1 Å². The van der Waals surface area contributed by atoms with Crippen LogP contribution in [0.2, 0.25) is 0 Å². The van der Waals surface area contributed by atoms with Crippen LogP contribution in [0, 0.1) is 5.82 Å². The molecule has 1 aliphatic rings. The normalized spacial score (nSPS) is 15.4. The van der Waals surface area contributed by atoms with Crippen molar-refractivity contribution in [1.82, 2.24) is 15.6 Å². The molecule has 1 aromatic heterocycles. The van der Waals surface area contributed by atoms with Crippen LogP contribution < -0.4 is 15.5 Å². The van der Waals surface area contributed by atoms with E-state index in [1.165, 1.54) is 17.0 Å². The minimum Gasteiger partial charge on any atom is -0.361 e. The lowest BCUT2D eigenvalue weighted by molar-refractivity contribution is -0.140. The Kier molecular flexibility index (Phi) is 4.75. The summed E-state index contributed by atoms with van der Waals surface area (Å²) in [7, 11) is 1.62. The molecule has 8 heteroatoms. The minimum absolute atomic E-state index is 0.199. The standard InChI is InChI=1S/C21H19FN4O3/c1-26-17-5-3-2-4-14(17)18(21(26)29)25-20(28)19(27)23-9-8-12-11-24-16-7-6-13(22)10-15(12)16/h2-7,10-11,18,24H,8-9H2,1H3,(H,23,27)(H,25,28)/t18-/m0/s1. The molecule has 3 aromatic rings. The van der Waals surface area contributed by atoms with Gasteiger partial charge in [0.25, 0.3) is 5.91 Å². The topological polar surface area (TPSA) is 94.3 Å². The van der Waals surface area contributed by atoms with Gasteiger partial charge in [0, 0.05) is 41.9 Å². The number of fused-ring (bicyclic) bond motifs is 2. The third-order valence-electron chi connectivity index (χ3n) is 5.08. The number of aromatic nitrogens is 1. The van der Waals surface area contributed by atoms with Gasteiger partial charge in [-0.3, -0.25) is 14.4 Å². The van der Waals surface area contributed by atoms with E-state index in [2.05, 4.69) is 15.6 Å². The van der Waals surface area contributed by atoms with E-state index in [9.17, 15) is 18.8 Å². The van der Waals surface area contributed by atoms with Crippen LogP contribution in [-0.4, -0.2) is 36.3 Å².